The van der Waals surface area contributed by atoms with Crippen LogP contribution < -0.4 is 5.32 Å². The van der Waals surface area contributed by atoms with E-state index in [1.54, 1.807) is 11.8 Å². The molecule has 5 heterocycles. The Balaban J connectivity index is 1.28. The van der Waals surface area contributed by atoms with Crippen LogP contribution in [0.2, 0.25) is 0 Å². The SMILES string of the molecule is CC(O)C1C(=O)N2C(C(=O)O)=C(Sc3nc(C4=CCNC4COC(=O)N4CCCC4)cs3)C(C)C12. The number of β-lactam (4-membered cyclic amide) rings is 1. The van der Waals surface area contributed by atoms with Crippen LogP contribution in [0, 0.1) is 11.8 Å². The van der Waals surface area contributed by atoms with Gasteiger partial charge in [-0.3, -0.25) is 4.79 Å². The molecular formula is C23H28N4O6S2. The van der Waals surface area contributed by atoms with Crippen LogP contribution in [-0.4, -0.2) is 87.4 Å². The van der Waals surface area contributed by atoms with Crippen LogP contribution >= 0.6 is 23.1 Å². The number of aliphatic carboxylic acids is 1. The summed E-state index contributed by atoms with van der Waals surface area (Å²) in [6.45, 7) is 5.79. The van der Waals surface area contributed by atoms with Gasteiger partial charge in [0.2, 0.25) is 5.91 Å². The van der Waals surface area contributed by atoms with Crippen molar-refractivity contribution in [3.8, 4) is 0 Å². The second-order valence-electron chi connectivity index (χ2n) is 9.26. The number of fused-ring (bicyclic) bond motifs is 1. The average Bonchev–Trinajstić information content (AvgIpc) is 3.60. The number of thioether (sulfide) groups is 1. The minimum Gasteiger partial charge on any atom is -0.477 e. The number of carboxylic acids is 1. The predicted octanol–water partition coefficient (Wildman–Crippen LogP) is 1.98. The Morgan fingerprint density at radius 1 is 1.37 bits per heavy atom. The molecule has 0 bridgehead atoms. The normalized spacial score (nSPS) is 28.8. The minimum absolute atomic E-state index is 0.0143. The molecule has 0 spiro atoms. The number of aromatic nitrogens is 1. The monoisotopic (exact) mass is 520 g/mol. The summed E-state index contributed by atoms with van der Waals surface area (Å²) in [7, 11) is 0. The molecule has 5 unspecified atom stereocenters. The number of nitrogens with zero attached hydrogens (tertiary/aromatic N) is 3. The van der Waals surface area contributed by atoms with Gasteiger partial charge < -0.3 is 30.1 Å². The number of hydrogen-bond donors (Lipinski definition) is 3. The molecule has 10 nitrogen and oxygen atoms in total. The number of carbonyl (C=O) groups is 3. The summed E-state index contributed by atoms with van der Waals surface area (Å²) in [4.78, 5) is 45.2. The van der Waals surface area contributed by atoms with E-state index in [1.807, 2.05) is 18.4 Å². The highest BCUT2D eigenvalue weighted by molar-refractivity contribution is 8.04. The van der Waals surface area contributed by atoms with Crippen molar-refractivity contribution < 1.29 is 29.3 Å². The van der Waals surface area contributed by atoms with E-state index in [1.165, 1.54) is 28.0 Å². The largest absolute Gasteiger partial charge is 0.477 e. The first kappa shape index (κ1) is 24.3. The van der Waals surface area contributed by atoms with Crippen LogP contribution in [0.5, 0.6) is 0 Å². The molecule has 12 heteroatoms. The van der Waals surface area contributed by atoms with Gasteiger partial charge in [-0.1, -0.05) is 24.8 Å². The highest BCUT2D eigenvalue weighted by atomic mass is 32.2. The summed E-state index contributed by atoms with van der Waals surface area (Å²) in [6, 6.07) is -0.515. The molecule has 5 atom stereocenters. The molecule has 188 valence electrons. The van der Waals surface area contributed by atoms with Crippen molar-refractivity contribution in [2.45, 2.75) is 49.2 Å². The lowest BCUT2D eigenvalue weighted by Gasteiger charge is -2.46. The number of carbonyl (C=O) groups excluding carboxylic acids is 2. The van der Waals surface area contributed by atoms with Crippen LogP contribution in [0.25, 0.3) is 5.57 Å². The first-order valence-electron chi connectivity index (χ1n) is 11.8. The summed E-state index contributed by atoms with van der Waals surface area (Å²) in [5.41, 5.74) is 1.69. The van der Waals surface area contributed by atoms with Crippen LogP contribution in [0.3, 0.4) is 0 Å². The van der Waals surface area contributed by atoms with Gasteiger partial charge in [0, 0.05) is 35.8 Å². The molecule has 4 aliphatic rings. The summed E-state index contributed by atoms with van der Waals surface area (Å²) >= 11 is 2.67. The predicted molar refractivity (Wildman–Crippen MR) is 130 cm³/mol. The Kier molecular flexibility index (Phi) is 6.64. The number of aliphatic hydroxyl groups excluding tert-OH is 1. The van der Waals surface area contributed by atoms with Crippen molar-refractivity contribution in [1.82, 2.24) is 20.1 Å². The number of rotatable bonds is 7. The van der Waals surface area contributed by atoms with Crippen LogP contribution in [0.15, 0.2) is 26.4 Å². The van der Waals surface area contributed by atoms with Crippen molar-refractivity contribution in [1.29, 1.82) is 0 Å². The van der Waals surface area contributed by atoms with Crippen LogP contribution in [0.4, 0.5) is 4.79 Å². The van der Waals surface area contributed by atoms with E-state index >= 15 is 0 Å². The molecule has 0 radical (unpaired) electrons. The Labute approximate surface area is 211 Å². The van der Waals surface area contributed by atoms with E-state index in [-0.39, 0.29) is 42.3 Å². The standard InChI is InChI=1S/C23H28N4O6S2/c1-11-17-16(12(2)28)20(29)27(17)18(21(30)31)19(11)35-22-25-15(10-34-22)13-5-6-24-14(13)9-33-23(32)26-7-3-4-8-26/h5,10-12,14,16-17,24,28H,3-4,6-9H2,1-2H3,(H,30,31). The van der Waals surface area contributed by atoms with Gasteiger partial charge in [-0.05, 0) is 25.3 Å². The molecule has 3 N–H and O–H groups in total. The Hall–Kier alpha value is -2.41. The zero-order valence-corrected chi connectivity index (χ0v) is 21.1. The van der Waals surface area contributed by atoms with Gasteiger partial charge in [0.05, 0.1) is 29.8 Å². The van der Waals surface area contributed by atoms with E-state index in [9.17, 15) is 24.6 Å². The molecule has 0 aliphatic carbocycles. The smallest absolute Gasteiger partial charge is 0.409 e. The zero-order chi connectivity index (χ0) is 24.9. The number of amides is 2. The number of aliphatic hydroxyl groups is 1. The third-order valence-electron chi connectivity index (χ3n) is 7.09. The maximum absolute atomic E-state index is 12.5. The van der Waals surface area contributed by atoms with Gasteiger partial charge in [-0.25, -0.2) is 14.6 Å². The average molecular weight is 521 g/mol. The van der Waals surface area contributed by atoms with E-state index < -0.39 is 18.0 Å². The van der Waals surface area contributed by atoms with Crippen molar-refractivity contribution in [3.05, 3.63) is 27.8 Å². The maximum atomic E-state index is 12.5. The highest BCUT2D eigenvalue weighted by Gasteiger charge is 2.60. The van der Waals surface area contributed by atoms with Gasteiger partial charge in [0.25, 0.3) is 0 Å². The molecule has 2 amide bonds. The lowest BCUT2D eigenvalue weighted by molar-refractivity contribution is -0.163. The van der Waals surface area contributed by atoms with E-state index in [0.717, 1.165) is 37.2 Å². The molecule has 2 saturated heterocycles. The molecular weight excluding hydrogens is 492 g/mol. The van der Waals surface area contributed by atoms with Gasteiger partial charge in [0.1, 0.15) is 12.3 Å². The molecule has 2 fully saturated rings. The number of hydrogen-bond acceptors (Lipinski definition) is 9. The maximum Gasteiger partial charge on any atom is 0.409 e. The Morgan fingerprint density at radius 2 is 2.11 bits per heavy atom. The lowest BCUT2D eigenvalue weighted by Crippen LogP contribution is -2.63. The Morgan fingerprint density at radius 3 is 2.80 bits per heavy atom. The third-order valence-corrected chi connectivity index (χ3v) is 9.31. The fraction of sp³-hybridized carbons (Fsp3) is 0.565. The first-order valence-corrected chi connectivity index (χ1v) is 13.4. The summed E-state index contributed by atoms with van der Waals surface area (Å²) in [5, 5.41) is 25.1. The van der Waals surface area contributed by atoms with Gasteiger partial charge in [-0.15, -0.1) is 11.3 Å². The summed E-state index contributed by atoms with van der Waals surface area (Å²) < 4.78 is 6.19. The van der Waals surface area contributed by atoms with Crippen molar-refractivity contribution in [2.75, 3.05) is 26.2 Å². The topological polar surface area (TPSA) is 132 Å². The molecule has 4 aliphatic heterocycles. The fourth-order valence-corrected chi connectivity index (χ4v) is 7.43. The highest BCUT2D eigenvalue weighted by Crippen LogP contribution is 2.52. The van der Waals surface area contributed by atoms with Gasteiger partial charge in [-0.2, -0.15) is 0 Å². The van der Waals surface area contributed by atoms with Gasteiger partial charge in [0.15, 0.2) is 4.34 Å². The van der Waals surface area contributed by atoms with Crippen LogP contribution in [-0.2, 0) is 14.3 Å². The summed E-state index contributed by atoms with van der Waals surface area (Å²) in [5.74, 6) is -2.32. The Bertz CT molecular complexity index is 1110. The van der Waals surface area contributed by atoms with E-state index in [4.69, 9.17) is 9.72 Å². The van der Waals surface area contributed by atoms with Crippen LogP contribution in [0.1, 0.15) is 32.4 Å². The number of thiazole rings is 1. The molecule has 1 aromatic heterocycles. The molecule has 35 heavy (non-hydrogen) atoms. The molecule has 1 aromatic rings. The molecule has 0 saturated carbocycles. The second kappa shape index (κ2) is 9.57. The number of nitrogens with one attached hydrogen (secondary N) is 1. The minimum atomic E-state index is -1.15. The second-order valence-corrected chi connectivity index (χ2v) is 11.4. The first-order chi connectivity index (χ1) is 16.8. The van der Waals surface area contributed by atoms with Crippen molar-refractivity contribution in [2.24, 2.45) is 11.8 Å². The quantitative estimate of drug-likeness (QED) is 0.462. The lowest BCUT2D eigenvalue weighted by atomic mass is 9.79. The molecule has 5 rings (SSSR count). The summed E-state index contributed by atoms with van der Waals surface area (Å²) in [6.07, 6.45) is 2.91. The van der Waals surface area contributed by atoms with Crippen molar-refractivity contribution in [3.63, 3.8) is 0 Å². The van der Waals surface area contributed by atoms with Gasteiger partial charge >= 0.3 is 12.1 Å². The number of ether oxygens (including phenoxy) is 1. The van der Waals surface area contributed by atoms with E-state index in [2.05, 4.69) is 5.32 Å². The van der Waals surface area contributed by atoms with E-state index in [0.29, 0.717) is 15.8 Å². The number of carboxylic acid groups (broad SMARTS) is 1. The zero-order valence-electron chi connectivity index (χ0n) is 19.5. The third kappa shape index (κ3) is 4.26. The van der Waals surface area contributed by atoms with Crippen molar-refractivity contribution >= 4 is 46.6 Å². The number of likely N-dealkylation sites (tertiary alicyclic amines) is 1. The molecule has 0 aromatic carbocycles. The fourth-order valence-electron chi connectivity index (χ4n) is 5.33.